The first-order chi connectivity index (χ1) is 16.9. The topological polar surface area (TPSA) is 100.0 Å². The minimum Gasteiger partial charge on any atom is -0.494 e. The number of methoxy groups -OCH3 is 2. The molecule has 1 aliphatic rings. The zero-order valence-electron chi connectivity index (χ0n) is 19.3. The molecule has 2 aromatic heterocycles. The Morgan fingerprint density at radius 1 is 1.09 bits per heavy atom. The van der Waals surface area contributed by atoms with E-state index in [0.717, 1.165) is 11.6 Å². The maximum atomic E-state index is 14.1. The van der Waals surface area contributed by atoms with Crippen LogP contribution in [0.1, 0.15) is 32.0 Å². The lowest BCUT2D eigenvalue weighted by molar-refractivity contribution is 0.0592. The van der Waals surface area contributed by atoms with Crippen LogP contribution in [0.4, 0.5) is 4.39 Å². The summed E-state index contributed by atoms with van der Waals surface area (Å²) in [5.41, 5.74) is 1.12. The van der Waals surface area contributed by atoms with Gasteiger partial charge in [0.2, 0.25) is 0 Å². The molecule has 3 heterocycles. The smallest absolute Gasteiger partial charge is 0.343 e. The van der Waals surface area contributed by atoms with Gasteiger partial charge in [0.15, 0.2) is 11.6 Å². The Morgan fingerprint density at radius 2 is 1.91 bits per heavy atom. The third kappa shape index (κ3) is 5.01. The zero-order valence-corrected chi connectivity index (χ0v) is 19.3. The van der Waals surface area contributed by atoms with Gasteiger partial charge in [-0.15, -0.1) is 0 Å². The first-order valence-electron chi connectivity index (χ1n) is 10.9. The van der Waals surface area contributed by atoms with E-state index in [1.165, 1.54) is 41.9 Å². The average molecular weight is 481 g/mol. The minimum absolute atomic E-state index is 0.0397. The molecule has 0 bridgehead atoms. The summed E-state index contributed by atoms with van der Waals surface area (Å²) in [5.74, 6) is -1.53. The lowest BCUT2D eigenvalue weighted by Gasteiger charge is -2.20. The number of aromatic nitrogens is 2. The van der Waals surface area contributed by atoms with Gasteiger partial charge in [-0.25, -0.2) is 9.18 Å². The number of benzene rings is 1. The Hall–Kier alpha value is -4.21. The molecule has 10 heteroatoms. The van der Waals surface area contributed by atoms with Gasteiger partial charge in [0.25, 0.3) is 11.5 Å². The van der Waals surface area contributed by atoms with Crippen molar-refractivity contribution < 1.29 is 28.2 Å². The number of fused-ring (bicyclic) bond motifs is 1. The van der Waals surface area contributed by atoms with Crippen LogP contribution in [0.25, 0.3) is 0 Å². The van der Waals surface area contributed by atoms with Gasteiger partial charge in [0.1, 0.15) is 17.9 Å². The fourth-order valence-corrected chi connectivity index (χ4v) is 4.01. The van der Waals surface area contributed by atoms with Crippen molar-refractivity contribution in [3.05, 3.63) is 87.3 Å². The number of pyridine rings is 2. The highest BCUT2D eigenvalue weighted by molar-refractivity contribution is 5.95. The molecule has 1 amide bonds. The molecule has 1 aliphatic heterocycles. The van der Waals surface area contributed by atoms with Crippen LogP contribution in [-0.4, -0.2) is 53.6 Å². The first kappa shape index (κ1) is 23.9. The number of hydrogen-bond donors (Lipinski definition) is 0. The lowest BCUT2D eigenvalue weighted by atomic mass is 10.1. The summed E-state index contributed by atoms with van der Waals surface area (Å²) in [6.07, 6.45) is 3.46. The molecule has 0 spiro atoms. The molecule has 3 aromatic rings. The highest BCUT2D eigenvalue weighted by atomic mass is 19.1. The summed E-state index contributed by atoms with van der Waals surface area (Å²) in [6.45, 7) is 0.678. The normalized spacial score (nSPS) is 12.9. The molecule has 9 nitrogen and oxygen atoms in total. The molecule has 0 saturated carbocycles. The van der Waals surface area contributed by atoms with Crippen molar-refractivity contribution in [3.63, 3.8) is 0 Å². The van der Waals surface area contributed by atoms with Crippen molar-refractivity contribution in [1.29, 1.82) is 0 Å². The van der Waals surface area contributed by atoms with Gasteiger partial charge < -0.3 is 23.7 Å². The van der Waals surface area contributed by atoms with E-state index in [4.69, 9.17) is 14.2 Å². The number of carbonyl (C=O) groups is 2. The van der Waals surface area contributed by atoms with Crippen LogP contribution in [0.5, 0.6) is 11.5 Å². The van der Waals surface area contributed by atoms with E-state index in [1.807, 2.05) is 6.07 Å². The monoisotopic (exact) mass is 481 g/mol. The van der Waals surface area contributed by atoms with Crippen LogP contribution >= 0.6 is 0 Å². The summed E-state index contributed by atoms with van der Waals surface area (Å²) < 4.78 is 31.3. The summed E-state index contributed by atoms with van der Waals surface area (Å²) in [7, 11) is 2.59. The predicted octanol–water partition coefficient (Wildman–Crippen LogP) is 2.46. The summed E-state index contributed by atoms with van der Waals surface area (Å²) >= 11 is 0. The van der Waals surface area contributed by atoms with Crippen molar-refractivity contribution in [1.82, 2.24) is 14.5 Å². The van der Waals surface area contributed by atoms with Gasteiger partial charge in [-0.1, -0.05) is 6.07 Å². The quantitative estimate of drug-likeness (QED) is 0.499. The minimum atomic E-state index is -0.646. The van der Waals surface area contributed by atoms with Crippen LogP contribution in [-0.2, 0) is 24.3 Å². The Morgan fingerprint density at radius 3 is 2.60 bits per heavy atom. The van der Waals surface area contributed by atoms with Gasteiger partial charge in [-0.05, 0) is 24.3 Å². The molecule has 1 aromatic carbocycles. The molecule has 0 aliphatic carbocycles. The summed E-state index contributed by atoms with van der Waals surface area (Å²) in [6, 6.07) is 8.82. The number of ether oxygens (including phenoxy) is 3. The number of amides is 1. The fourth-order valence-electron chi connectivity index (χ4n) is 4.01. The Balaban J connectivity index is 1.62. The first-order valence-corrected chi connectivity index (χ1v) is 10.9. The third-order valence-corrected chi connectivity index (χ3v) is 5.79. The van der Waals surface area contributed by atoms with E-state index in [1.54, 1.807) is 18.5 Å². The van der Waals surface area contributed by atoms with Gasteiger partial charge in [0, 0.05) is 61.3 Å². The molecule has 4 rings (SSSR count). The van der Waals surface area contributed by atoms with Crippen molar-refractivity contribution in [2.45, 2.75) is 19.6 Å². The average Bonchev–Trinajstić information content (AvgIpc) is 3.11. The van der Waals surface area contributed by atoms with Crippen LogP contribution in [0.2, 0.25) is 0 Å². The number of nitrogens with zero attached hydrogens (tertiary/aromatic N) is 3. The molecular weight excluding hydrogens is 457 g/mol. The number of esters is 1. The second kappa shape index (κ2) is 10.4. The van der Waals surface area contributed by atoms with E-state index < -0.39 is 11.8 Å². The summed E-state index contributed by atoms with van der Waals surface area (Å²) in [4.78, 5) is 44.2. The number of rotatable bonds is 6. The Labute approximate surface area is 200 Å². The van der Waals surface area contributed by atoms with Gasteiger partial charge in [0.05, 0.1) is 14.2 Å². The second-order valence-corrected chi connectivity index (χ2v) is 7.85. The standard InChI is InChI=1S/C25H24FN3O6/c1-33-20-6-5-17(12-18(20)26)24(31)28-9-7-19-23(25(32)34-2)21(13-22(30)29(19)11-10-28)35-15-16-4-3-8-27-14-16/h3-6,8,12-14H,7,9-11,15H2,1-2H3. The number of carbonyl (C=O) groups excluding carboxylic acids is 2. The SMILES string of the molecule is COC(=O)c1c(OCc2cccnc2)cc(=O)n2c1CCN(C(=O)c1ccc(OC)c(F)c1)CC2. The van der Waals surface area contributed by atoms with Crippen molar-refractivity contribution in [2.24, 2.45) is 0 Å². The molecule has 0 fully saturated rings. The molecule has 0 saturated heterocycles. The lowest BCUT2D eigenvalue weighted by Crippen LogP contribution is -2.34. The van der Waals surface area contributed by atoms with Gasteiger partial charge in [-0.3, -0.25) is 14.6 Å². The molecule has 35 heavy (non-hydrogen) atoms. The molecule has 0 N–H and O–H groups in total. The van der Waals surface area contributed by atoms with E-state index >= 15 is 0 Å². The maximum Gasteiger partial charge on any atom is 0.343 e. The molecule has 0 radical (unpaired) electrons. The van der Waals surface area contributed by atoms with Crippen molar-refractivity contribution >= 4 is 11.9 Å². The zero-order chi connectivity index (χ0) is 24.9. The molecular formula is C25H24FN3O6. The van der Waals surface area contributed by atoms with E-state index in [2.05, 4.69) is 4.98 Å². The fraction of sp³-hybridized carbons (Fsp3) is 0.280. The Kier molecular flexibility index (Phi) is 7.09. The maximum absolute atomic E-state index is 14.1. The van der Waals surface area contributed by atoms with Crippen molar-refractivity contribution in [2.75, 3.05) is 27.3 Å². The molecule has 0 unspecified atom stereocenters. The van der Waals surface area contributed by atoms with E-state index in [9.17, 15) is 18.8 Å². The van der Waals surface area contributed by atoms with Crippen molar-refractivity contribution in [3.8, 4) is 11.5 Å². The number of hydrogen-bond acceptors (Lipinski definition) is 7. The van der Waals surface area contributed by atoms with Crippen LogP contribution in [0.15, 0.2) is 53.6 Å². The van der Waals surface area contributed by atoms with E-state index in [0.29, 0.717) is 5.69 Å². The number of halogens is 1. The largest absolute Gasteiger partial charge is 0.494 e. The molecule has 0 atom stereocenters. The van der Waals surface area contributed by atoms with Crippen LogP contribution in [0, 0.1) is 5.82 Å². The van der Waals surface area contributed by atoms with Gasteiger partial charge >= 0.3 is 5.97 Å². The predicted molar refractivity (Wildman–Crippen MR) is 123 cm³/mol. The van der Waals surface area contributed by atoms with Gasteiger partial charge in [-0.2, -0.15) is 0 Å². The second-order valence-electron chi connectivity index (χ2n) is 7.85. The summed E-state index contributed by atoms with van der Waals surface area (Å²) in [5, 5.41) is 0. The molecule has 182 valence electrons. The highest BCUT2D eigenvalue weighted by Crippen LogP contribution is 2.26. The highest BCUT2D eigenvalue weighted by Gasteiger charge is 2.28. The third-order valence-electron chi connectivity index (χ3n) is 5.79. The van der Waals surface area contributed by atoms with Crippen LogP contribution < -0.4 is 15.0 Å². The van der Waals surface area contributed by atoms with E-state index in [-0.39, 0.29) is 66.8 Å². The van der Waals surface area contributed by atoms with Crippen LogP contribution in [0.3, 0.4) is 0 Å². The Bertz CT molecular complexity index is 1310.